The molecule has 1 atom stereocenters. The van der Waals surface area contributed by atoms with Gasteiger partial charge >= 0.3 is 0 Å². The first-order valence-electron chi connectivity index (χ1n) is 5.51. The van der Waals surface area contributed by atoms with Gasteiger partial charge < -0.3 is 4.74 Å². The number of methoxy groups -OCH3 is 1. The number of hydrogen-bond acceptors (Lipinski definition) is 3. The van der Waals surface area contributed by atoms with Crippen LogP contribution in [0.2, 0.25) is 0 Å². The molecule has 1 heterocycles. The summed E-state index contributed by atoms with van der Waals surface area (Å²) in [6.45, 7) is 2.07. The van der Waals surface area contributed by atoms with Crippen LogP contribution in [0.4, 0.5) is 0 Å². The van der Waals surface area contributed by atoms with Crippen LogP contribution in [0.5, 0.6) is 5.75 Å². The molecular formula is C14H15NOS. The van der Waals surface area contributed by atoms with E-state index in [2.05, 4.69) is 29.4 Å². The van der Waals surface area contributed by atoms with E-state index in [1.165, 1.54) is 4.88 Å². The minimum atomic E-state index is 0.105. The molecule has 2 aromatic rings. The molecule has 3 heteroatoms. The van der Waals surface area contributed by atoms with Crippen molar-refractivity contribution in [1.29, 1.82) is 0 Å². The molecule has 0 amide bonds. The Labute approximate surface area is 106 Å². The third-order valence-corrected chi connectivity index (χ3v) is 3.36. The maximum atomic E-state index is 5.33. The summed E-state index contributed by atoms with van der Waals surface area (Å²) < 4.78 is 5.33. The van der Waals surface area contributed by atoms with Crippen molar-refractivity contribution in [2.45, 2.75) is 13.0 Å². The minimum Gasteiger partial charge on any atom is -0.496 e. The molecule has 0 spiro atoms. The Morgan fingerprint density at radius 1 is 1.24 bits per heavy atom. The third-order valence-electron chi connectivity index (χ3n) is 2.56. The first-order chi connectivity index (χ1) is 8.31. The zero-order valence-electron chi connectivity index (χ0n) is 9.96. The number of nitrogens with zero attached hydrogens (tertiary/aromatic N) is 1. The van der Waals surface area contributed by atoms with Crippen LogP contribution >= 0.6 is 11.3 Å². The van der Waals surface area contributed by atoms with Gasteiger partial charge in [0.05, 0.1) is 13.2 Å². The van der Waals surface area contributed by atoms with Crippen molar-refractivity contribution in [1.82, 2.24) is 0 Å². The second kappa shape index (κ2) is 5.64. The van der Waals surface area contributed by atoms with Gasteiger partial charge in [-0.3, -0.25) is 4.99 Å². The van der Waals surface area contributed by atoms with Gasteiger partial charge in [-0.2, -0.15) is 0 Å². The average molecular weight is 245 g/mol. The Morgan fingerprint density at radius 2 is 2.06 bits per heavy atom. The fourth-order valence-electron chi connectivity index (χ4n) is 1.64. The van der Waals surface area contributed by atoms with Gasteiger partial charge in [-0.05, 0) is 24.4 Å². The molecule has 0 aliphatic heterocycles. The molecule has 0 N–H and O–H groups in total. The van der Waals surface area contributed by atoms with E-state index in [1.807, 2.05) is 30.5 Å². The molecule has 1 aromatic heterocycles. The predicted octanol–water partition coefficient (Wildman–Crippen LogP) is 3.94. The standard InChI is InChI=1S/C14H15NOS/c1-11(15-10-12-6-5-9-17-12)13-7-3-4-8-14(13)16-2/h3-11H,1-2H3. The molecular weight excluding hydrogens is 230 g/mol. The minimum absolute atomic E-state index is 0.105. The predicted molar refractivity (Wildman–Crippen MR) is 73.3 cm³/mol. The van der Waals surface area contributed by atoms with Gasteiger partial charge in [0.1, 0.15) is 5.75 Å². The Balaban J connectivity index is 2.17. The number of hydrogen-bond donors (Lipinski definition) is 0. The normalized spacial score (nSPS) is 12.8. The molecule has 2 rings (SSSR count). The fraction of sp³-hybridized carbons (Fsp3) is 0.214. The number of aliphatic imine (C=N–C) groups is 1. The van der Waals surface area contributed by atoms with E-state index in [4.69, 9.17) is 4.74 Å². The maximum Gasteiger partial charge on any atom is 0.124 e. The zero-order valence-corrected chi connectivity index (χ0v) is 10.8. The Kier molecular flexibility index (Phi) is 3.94. The van der Waals surface area contributed by atoms with Gasteiger partial charge in [0, 0.05) is 16.7 Å². The number of ether oxygens (including phenoxy) is 1. The number of thiophene rings is 1. The first-order valence-corrected chi connectivity index (χ1v) is 6.39. The Bertz CT molecular complexity index is 491. The highest BCUT2D eigenvalue weighted by Crippen LogP contribution is 2.26. The molecule has 1 aromatic carbocycles. The van der Waals surface area contributed by atoms with Gasteiger partial charge in [0.15, 0.2) is 0 Å². The van der Waals surface area contributed by atoms with Crippen LogP contribution in [0.25, 0.3) is 0 Å². The van der Waals surface area contributed by atoms with Crippen LogP contribution in [0.1, 0.15) is 23.4 Å². The summed E-state index contributed by atoms with van der Waals surface area (Å²) >= 11 is 1.69. The topological polar surface area (TPSA) is 21.6 Å². The molecule has 0 aliphatic rings. The second-order valence-corrected chi connectivity index (χ2v) is 4.69. The fourth-order valence-corrected chi connectivity index (χ4v) is 2.23. The van der Waals surface area contributed by atoms with Crippen molar-refractivity contribution in [3.8, 4) is 5.75 Å². The van der Waals surface area contributed by atoms with Crippen molar-refractivity contribution in [2.24, 2.45) is 4.99 Å². The summed E-state index contributed by atoms with van der Waals surface area (Å²) in [6, 6.07) is 12.2. The van der Waals surface area contributed by atoms with Crippen LogP contribution in [0.3, 0.4) is 0 Å². The summed E-state index contributed by atoms with van der Waals surface area (Å²) in [6.07, 6.45) is 1.92. The monoisotopic (exact) mass is 245 g/mol. The summed E-state index contributed by atoms with van der Waals surface area (Å²) in [7, 11) is 1.69. The van der Waals surface area contributed by atoms with Crippen molar-refractivity contribution in [3.63, 3.8) is 0 Å². The highest BCUT2D eigenvalue weighted by molar-refractivity contribution is 7.11. The van der Waals surface area contributed by atoms with Crippen LogP contribution in [0, 0.1) is 0 Å². The van der Waals surface area contributed by atoms with E-state index in [9.17, 15) is 0 Å². The van der Waals surface area contributed by atoms with Gasteiger partial charge in [-0.15, -0.1) is 11.3 Å². The van der Waals surface area contributed by atoms with E-state index >= 15 is 0 Å². The molecule has 0 saturated carbocycles. The summed E-state index contributed by atoms with van der Waals surface area (Å²) in [5, 5.41) is 2.05. The zero-order chi connectivity index (χ0) is 12.1. The second-order valence-electron chi connectivity index (χ2n) is 3.71. The van der Waals surface area contributed by atoms with E-state index in [0.717, 1.165) is 11.3 Å². The first kappa shape index (κ1) is 11.9. The third kappa shape index (κ3) is 2.94. The molecule has 88 valence electrons. The molecule has 0 fully saturated rings. The summed E-state index contributed by atoms with van der Waals surface area (Å²) in [5.74, 6) is 0.892. The van der Waals surface area contributed by atoms with E-state index in [1.54, 1.807) is 18.4 Å². The van der Waals surface area contributed by atoms with Gasteiger partial charge in [0.25, 0.3) is 0 Å². The molecule has 0 bridgehead atoms. The molecule has 0 radical (unpaired) electrons. The maximum absolute atomic E-state index is 5.33. The lowest BCUT2D eigenvalue weighted by atomic mass is 10.1. The SMILES string of the molecule is COc1ccccc1C(C)N=Cc1cccs1. The van der Waals surface area contributed by atoms with Crippen LogP contribution in [0.15, 0.2) is 46.8 Å². The van der Waals surface area contributed by atoms with E-state index in [-0.39, 0.29) is 6.04 Å². The highest BCUT2D eigenvalue weighted by atomic mass is 32.1. The van der Waals surface area contributed by atoms with Crippen molar-refractivity contribution >= 4 is 17.6 Å². The van der Waals surface area contributed by atoms with Gasteiger partial charge in [-0.25, -0.2) is 0 Å². The Hall–Kier alpha value is -1.61. The van der Waals surface area contributed by atoms with Crippen LogP contribution in [-0.2, 0) is 0 Å². The molecule has 0 aliphatic carbocycles. The lowest BCUT2D eigenvalue weighted by molar-refractivity contribution is 0.407. The number of benzene rings is 1. The van der Waals surface area contributed by atoms with Crippen molar-refractivity contribution < 1.29 is 4.74 Å². The van der Waals surface area contributed by atoms with E-state index in [0.29, 0.717) is 0 Å². The van der Waals surface area contributed by atoms with E-state index < -0.39 is 0 Å². The van der Waals surface area contributed by atoms with Gasteiger partial charge in [-0.1, -0.05) is 24.3 Å². The van der Waals surface area contributed by atoms with Crippen LogP contribution < -0.4 is 4.74 Å². The smallest absolute Gasteiger partial charge is 0.124 e. The molecule has 1 unspecified atom stereocenters. The lowest BCUT2D eigenvalue weighted by Crippen LogP contribution is -1.95. The average Bonchev–Trinajstić information content (AvgIpc) is 2.89. The Morgan fingerprint density at radius 3 is 2.76 bits per heavy atom. The van der Waals surface area contributed by atoms with Crippen molar-refractivity contribution in [2.75, 3.05) is 7.11 Å². The summed E-state index contributed by atoms with van der Waals surface area (Å²) in [4.78, 5) is 5.72. The largest absolute Gasteiger partial charge is 0.496 e. The van der Waals surface area contributed by atoms with Crippen molar-refractivity contribution in [3.05, 3.63) is 52.2 Å². The van der Waals surface area contributed by atoms with Crippen LogP contribution in [-0.4, -0.2) is 13.3 Å². The number of rotatable bonds is 4. The highest BCUT2D eigenvalue weighted by Gasteiger charge is 2.08. The quantitative estimate of drug-likeness (QED) is 0.748. The molecule has 0 saturated heterocycles. The van der Waals surface area contributed by atoms with Gasteiger partial charge in [0.2, 0.25) is 0 Å². The molecule has 17 heavy (non-hydrogen) atoms. The number of para-hydroxylation sites is 1. The molecule has 2 nitrogen and oxygen atoms in total. The lowest BCUT2D eigenvalue weighted by Gasteiger charge is -2.11. The summed E-state index contributed by atoms with van der Waals surface area (Å²) in [5.41, 5.74) is 1.11.